The number of hydrogen-bond donors (Lipinski definition) is 2. The predicted molar refractivity (Wildman–Crippen MR) is 200 cm³/mol. The first-order valence-corrected chi connectivity index (χ1v) is 15.5. The van der Waals surface area contributed by atoms with Gasteiger partial charge in [0.05, 0.1) is 5.71 Å². The van der Waals surface area contributed by atoms with E-state index in [9.17, 15) is 0 Å². The van der Waals surface area contributed by atoms with Crippen molar-refractivity contribution in [3.63, 3.8) is 0 Å². The van der Waals surface area contributed by atoms with Crippen molar-refractivity contribution < 1.29 is 0 Å². The molecule has 0 aliphatic rings. The van der Waals surface area contributed by atoms with E-state index in [1.807, 2.05) is 31.2 Å². The minimum Gasteiger partial charge on any atom is -0.405 e. The second kappa shape index (κ2) is 12.2. The number of allylic oxidation sites excluding steroid dienone is 6. The predicted octanol–water partition coefficient (Wildman–Crippen LogP) is 11.5. The zero-order valence-corrected chi connectivity index (χ0v) is 25.8. The van der Waals surface area contributed by atoms with Gasteiger partial charge in [0.15, 0.2) is 0 Å². The van der Waals surface area contributed by atoms with Gasteiger partial charge < -0.3 is 11.1 Å². The number of fused-ring (bicyclic) bond motifs is 5. The molecule has 7 aromatic rings. The Morgan fingerprint density at radius 3 is 1.91 bits per heavy atom. The van der Waals surface area contributed by atoms with Crippen molar-refractivity contribution in [3.05, 3.63) is 181 Å². The molecule has 0 saturated heterocycles. The summed E-state index contributed by atoms with van der Waals surface area (Å²) < 4.78 is 0. The van der Waals surface area contributed by atoms with Crippen LogP contribution in [0.4, 0.5) is 0 Å². The standard InChI is InChI=1S/C44H34N2/c1-3-30(25-26-45)29(2)21-24-42(46)33-22-23-39-41(28-33)44(38-20-12-11-19-37(38)43(39)31-13-5-4-6-14-31)40-27-32-15-7-8-16-34(32)35-17-9-10-18-36(35)40/h3-28,46H,2,45H2,1H3/b24-21-,26-25-,30-3+,46-42?. The van der Waals surface area contributed by atoms with Crippen molar-refractivity contribution in [3.8, 4) is 22.3 Å². The zero-order chi connectivity index (χ0) is 31.6. The first kappa shape index (κ1) is 28.8. The Morgan fingerprint density at radius 1 is 0.587 bits per heavy atom. The molecule has 0 amide bonds. The van der Waals surface area contributed by atoms with Crippen LogP contribution in [0.25, 0.3) is 65.3 Å². The topological polar surface area (TPSA) is 49.9 Å². The van der Waals surface area contributed by atoms with Crippen molar-refractivity contribution >= 4 is 48.8 Å². The van der Waals surface area contributed by atoms with Gasteiger partial charge in [0.2, 0.25) is 0 Å². The normalized spacial score (nSPS) is 12.2. The van der Waals surface area contributed by atoms with Gasteiger partial charge in [-0.15, -0.1) is 0 Å². The Hall–Kier alpha value is -5.99. The zero-order valence-electron chi connectivity index (χ0n) is 25.8. The van der Waals surface area contributed by atoms with Gasteiger partial charge in [-0.1, -0.05) is 134 Å². The Morgan fingerprint density at radius 2 is 1.20 bits per heavy atom. The van der Waals surface area contributed by atoms with E-state index in [-0.39, 0.29) is 0 Å². The van der Waals surface area contributed by atoms with Crippen LogP contribution in [0.3, 0.4) is 0 Å². The van der Waals surface area contributed by atoms with Crippen LogP contribution in [0.2, 0.25) is 0 Å². The summed E-state index contributed by atoms with van der Waals surface area (Å²) in [5, 5.41) is 18.7. The van der Waals surface area contributed by atoms with E-state index in [0.717, 1.165) is 27.5 Å². The maximum Gasteiger partial charge on any atom is 0.0612 e. The van der Waals surface area contributed by atoms with Gasteiger partial charge in [-0.3, -0.25) is 0 Å². The molecule has 0 heterocycles. The molecule has 7 aromatic carbocycles. The largest absolute Gasteiger partial charge is 0.405 e. The summed E-state index contributed by atoms with van der Waals surface area (Å²) in [6, 6.07) is 45.5. The van der Waals surface area contributed by atoms with E-state index in [2.05, 4.69) is 134 Å². The molecular formula is C44H34N2. The fourth-order valence-electron chi connectivity index (χ4n) is 6.68. The summed E-state index contributed by atoms with van der Waals surface area (Å²) in [5.41, 5.74) is 13.4. The molecule has 0 saturated carbocycles. The molecule has 0 aliphatic heterocycles. The summed E-state index contributed by atoms with van der Waals surface area (Å²) in [6.45, 7) is 6.14. The summed E-state index contributed by atoms with van der Waals surface area (Å²) in [6.07, 6.45) is 9.00. The molecule has 0 unspecified atom stereocenters. The highest BCUT2D eigenvalue weighted by Crippen LogP contribution is 2.46. The van der Waals surface area contributed by atoms with Crippen molar-refractivity contribution in [2.45, 2.75) is 6.92 Å². The molecule has 0 atom stereocenters. The lowest BCUT2D eigenvalue weighted by molar-refractivity contribution is 1.47. The van der Waals surface area contributed by atoms with Gasteiger partial charge >= 0.3 is 0 Å². The van der Waals surface area contributed by atoms with E-state index in [0.29, 0.717) is 5.71 Å². The molecule has 0 aliphatic carbocycles. The molecular weight excluding hydrogens is 556 g/mol. The molecule has 0 radical (unpaired) electrons. The third-order valence-electron chi connectivity index (χ3n) is 8.84. The fraction of sp³-hybridized carbons (Fsp3) is 0.0227. The molecule has 0 bridgehead atoms. The maximum atomic E-state index is 9.10. The van der Waals surface area contributed by atoms with Gasteiger partial charge in [0, 0.05) is 5.56 Å². The first-order chi connectivity index (χ1) is 22.6. The number of hydrogen-bond acceptors (Lipinski definition) is 2. The minimum atomic E-state index is 0.416. The van der Waals surface area contributed by atoms with E-state index in [4.69, 9.17) is 11.1 Å². The molecule has 46 heavy (non-hydrogen) atoms. The van der Waals surface area contributed by atoms with Crippen molar-refractivity contribution in [1.29, 1.82) is 5.41 Å². The van der Waals surface area contributed by atoms with E-state index >= 15 is 0 Å². The highest BCUT2D eigenvalue weighted by molar-refractivity contribution is 6.26. The lowest BCUT2D eigenvalue weighted by Crippen LogP contribution is -1.98. The molecule has 0 aromatic heterocycles. The second-order valence-electron chi connectivity index (χ2n) is 11.5. The van der Waals surface area contributed by atoms with Crippen LogP contribution < -0.4 is 5.73 Å². The minimum absolute atomic E-state index is 0.416. The average Bonchev–Trinajstić information content (AvgIpc) is 3.11. The van der Waals surface area contributed by atoms with Crippen LogP contribution in [0.15, 0.2) is 176 Å². The Balaban J connectivity index is 1.55. The number of benzene rings is 7. The van der Waals surface area contributed by atoms with Crippen LogP contribution in [-0.2, 0) is 0 Å². The molecule has 2 nitrogen and oxygen atoms in total. The Bertz CT molecular complexity index is 2410. The molecule has 2 heteroatoms. The second-order valence-corrected chi connectivity index (χ2v) is 11.5. The summed E-state index contributed by atoms with van der Waals surface area (Å²) in [5.74, 6) is 0. The number of nitrogens with one attached hydrogen (secondary N) is 1. The van der Waals surface area contributed by atoms with Gasteiger partial charge in [-0.2, -0.15) is 0 Å². The monoisotopic (exact) mass is 590 g/mol. The summed E-state index contributed by atoms with van der Waals surface area (Å²) in [7, 11) is 0. The van der Waals surface area contributed by atoms with Crippen molar-refractivity contribution in [2.24, 2.45) is 5.73 Å². The van der Waals surface area contributed by atoms with Gasteiger partial charge in [-0.25, -0.2) is 0 Å². The van der Waals surface area contributed by atoms with Gasteiger partial charge in [0.25, 0.3) is 0 Å². The SMILES string of the molecule is C=C(/C=C\C(=N)c1ccc2c(-c3ccccc3)c3ccccc3c(-c3cc4ccccc4c4ccccc34)c2c1)C(/C=C\N)=C/C. The quantitative estimate of drug-likeness (QED) is 0.0825. The Kier molecular flexibility index (Phi) is 7.62. The van der Waals surface area contributed by atoms with Crippen LogP contribution in [0.5, 0.6) is 0 Å². The lowest BCUT2D eigenvalue weighted by Gasteiger charge is -2.20. The average molecular weight is 591 g/mol. The van der Waals surface area contributed by atoms with Gasteiger partial charge in [-0.05, 0) is 114 Å². The van der Waals surface area contributed by atoms with Crippen LogP contribution >= 0.6 is 0 Å². The van der Waals surface area contributed by atoms with E-state index < -0.39 is 0 Å². The molecule has 220 valence electrons. The van der Waals surface area contributed by atoms with Gasteiger partial charge in [0.1, 0.15) is 0 Å². The molecule has 7 rings (SSSR count). The molecule has 0 fully saturated rings. The van der Waals surface area contributed by atoms with E-state index in [1.165, 1.54) is 60.8 Å². The third-order valence-corrected chi connectivity index (χ3v) is 8.84. The molecule has 3 N–H and O–H groups in total. The highest BCUT2D eigenvalue weighted by atomic mass is 14.5. The van der Waals surface area contributed by atoms with Crippen LogP contribution in [0.1, 0.15) is 12.5 Å². The first-order valence-electron chi connectivity index (χ1n) is 15.5. The number of nitrogens with two attached hydrogens (primary N) is 1. The maximum absolute atomic E-state index is 9.10. The van der Waals surface area contributed by atoms with Crippen LogP contribution in [-0.4, -0.2) is 5.71 Å². The smallest absolute Gasteiger partial charge is 0.0612 e. The summed E-state index contributed by atoms with van der Waals surface area (Å²) in [4.78, 5) is 0. The highest BCUT2D eigenvalue weighted by Gasteiger charge is 2.19. The van der Waals surface area contributed by atoms with Crippen LogP contribution in [0, 0.1) is 5.41 Å². The lowest BCUT2D eigenvalue weighted by atomic mass is 9.83. The third kappa shape index (κ3) is 5.00. The fourth-order valence-corrected chi connectivity index (χ4v) is 6.68. The van der Waals surface area contributed by atoms with Crippen molar-refractivity contribution in [2.75, 3.05) is 0 Å². The molecule has 0 spiro atoms. The summed E-state index contributed by atoms with van der Waals surface area (Å²) >= 11 is 0. The Labute approximate surface area is 269 Å². The number of rotatable bonds is 7. The van der Waals surface area contributed by atoms with Crippen molar-refractivity contribution in [1.82, 2.24) is 0 Å². The van der Waals surface area contributed by atoms with E-state index in [1.54, 1.807) is 0 Å².